The molecule has 4 heterocycles. The number of rotatable bonds is 2. The molecule has 1 aromatic rings. The van der Waals surface area contributed by atoms with E-state index in [1.165, 1.54) is 23.6 Å². The molecule has 4 aliphatic rings. The molecular weight excluding hydrogens is 554 g/mol. The highest BCUT2D eigenvalue weighted by Gasteiger charge is 2.46. The van der Waals surface area contributed by atoms with Gasteiger partial charge in [-0.05, 0) is 77.3 Å². The molecule has 0 spiro atoms. The third-order valence-electron chi connectivity index (χ3n) is 9.06. The number of carbonyl (C=O) groups excluding carboxylic acids is 6. The van der Waals surface area contributed by atoms with Crippen LogP contribution in [0.4, 0.5) is 0 Å². The van der Waals surface area contributed by atoms with Gasteiger partial charge in [0.1, 0.15) is 36.3 Å². The summed E-state index contributed by atoms with van der Waals surface area (Å²) in [4.78, 5) is 86.5. The van der Waals surface area contributed by atoms with Gasteiger partial charge in [0.15, 0.2) is 0 Å². The summed E-state index contributed by atoms with van der Waals surface area (Å²) in [6.45, 7) is 4.16. The Balaban J connectivity index is 1.49. The first-order chi connectivity index (χ1) is 20.7. The average molecular weight is 596 g/mol. The van der Waals surface area contributed by atoms with E-state index in [2.05, 4.69) is 10.6 Å². The van der Waals surface area contributed by atoms with E-state index < -0.39 is 60.0 Å². The van der Waals surface area contributed by atoms with Crippen LogP contribution in [-0.4, -0.2) is 106 Å². The van der Waals surface area contributed by atoms with E-state index in [1.807, 2.05) is 0 Å². The summed E-state index contributed by atoms with van der Waals surface area (Å²) in [5.41, 5.74) is 0.310. The van der Waals surface area contributed by atoms with E-state index in [1.54, 1.807) is 35.2 Å². The van der Waals surface area contributed by atoms with Crippen molar-refractivity contribution in [3.63, 3.8) is 0 Å². The molecule has 6 unspecified atom stereocenters. The van der Waals surface area contributed by atoms with Gasteiger partial charge in [-0.3, -0.25) is 24.0 Å². The van der Waals surface area contributed by atoms with Crippen LogP contribution >= 0.6 is 0 Å². The number of nitrogens with one attached hydrogen (secondary N) is 2. The van der Waals surface area contributed by atoms with E-state index in [-0.39, 0.29) is 11.8 Å². The predicted octanol–water partition coefficient (Wildman–Crippen LogP) is 0.988. The fourth-order valence-corrected chi connectivity index (χ4v) is 6.72. The minimum Gasteiger partial charge on any atom is -0.458 e. The van der Waals surface area contributed by atoms with Gasteiger partial charge in [-0.2, -0.15) is 0 Å². The van der Waals surface area contributed by atoms with Crippen LogP contribution in [-0.2, 0) is 28.7 Å². The first-order valence-electron chi connectivity index (χ1n) is 15.5. The second-order valence-electron chi connectivity index (χ2n) is 12.0. The van der Waals surface area contributed by atoms with E-state index >= 15 is 0 Å². The molecule has 43 heavy (non-hydrogen) atoms. The van der Waals surface area contributed by atoms with Crippen molar-refractivity contribution in [2.24, 2.45) is 0 Å². The number of hydrogen-bond acceptors (Lipinski definition) is 7. The first-order valence-corrected chi connectivity index (χ1v) is 15.5. The van der Waals surface area contributed by atoms with Crippen molar-refractivity contribution in [2.45, 2.75) is 102 Å². The molecule has 12 heteroatoms. The van der Waals surface area contributed by atoms with Crippen LogP contribution in [0, 0.1) is 0 Å². The Kier molecular flexibility index (Phi) is 9.31. The zero-order chi connectivity index (χ0) is 30.7. The lowest BCUT2D eigenvalue weighted by Gasteiger charge is -2.43. The summed E-state index contributed by atoms with van der Waals surface area (Å²) >= 11 is 0. The Labute approximate surface area is 251 Å². The lowest BCUT2D eigenvalue weighted by Crippen LogP contribution is -2.62. The largest absolute Gasteiger partial charge is 0.458 e. The van der Waals surface area contributed by atoms with Crippen molar-refractivity contribution < 1.29 is 33.5 Å². The lowest BCUT2D eigenvalue weighted by molar-refractivity contribution is -0.166. The Hall–Kier alpha value is -3.96. The maximum atomic E-state index is 14.0. The summed E-state index contributed by atoms with van der Waals surface area (Å²) in [7, 11) is 0. The monoisotopic (exact) mass is 595 g/mol. The number of nitrogens with zero attached hydrogens (tertiary/aromatic N) is 3. The van der Waals surface area contributed by atoms with Gasteiger partial charge in [0.05, 0.1) is 0 Å². The van der Waals surface area contributed by atoms with Crippen molar-refractivity contribution >= 4 is 35.5 Å². The maximum Gasteiger partial charge on any atom is 0.329 e. The molecule has 0 radical (unpaired) electrons. The number of hydrogen-bond donors (Lipinski definition) is 2. The number of amides is 5. The zero-order valence-corrected chi connectivity index (χ0v) is 24.8. The Morgan fingerprint density at radius 2 is 1.28 bits per heavy atom. The number of piperidine rings is 2. The van der Waals surface area contributed by atoms with Gasteiger partial charge in [-0.15, -0.1) is 0 Å². The van der Waals surface area contributed by atoms with E-state index in [0.717, 1.165) is 19.3 Å². The average Bonchev–Trinajstić information content (AvgIpc) is 3.52. The van der Waals surface area contributed by atoms with Gasteiger partial charge in [0, 0.05) is 25.2 Å². The van der Waals surface area contributed by atoms with Gasteiger partial charge >= 0.3 is 5.97 Å². The number of carbonyl (C=O) groups is 6. The van der Waals surface area contributed by atoms with E-state index in [9.17, 15) is 28.8 Å². The van der Waals surface area contributed by atoms with Crippen LogP contribution in [0.5, 0.6) is 0 Å². The van der Waals surface area contributed by atoms with E-state index in [0.29, 0.717) is 57.3 Å². The quantitative estimate of drug-likeness (QED) is 0.485. The van der Waals surface area contributed by atoms with Gasteiger partial charge in [-0.25, -0.2) is 4.79 Å². The number of fused-ring (bicyclic) bond motifs is 3. The van der Waals surface area contributed by atoms with Crippen molar-refractivity contribution in [3.8, 4) is 0 Å². The van der Waals surface area contributed by atoms with Crippen LogP contribution in [0.1, 0.15) is 75.6 Å². The third kappa shape index (κ3) is 6.37. The van der Waals surface area contributed by atoms with Crippen molar-refractivity contribution in [3.05, 3.63) is 35.9 Å². The molecular formula is C31H41N5O7. The molecule has 0 bridgehead atoms. The van der Waals surface area contributed by atoms with Crippen LogP contribution in [0.2, 0.25) is 0 Å². The minimum atomic E-state index is -1.32. The molecule has 4 saturated heterocycles. The molecule has 0 aromatic heterocycles. The molecule has 2 N–H and O–H groups in total. The normalized spacial score (nSPS) is 31.0. The first kappa shape index (κ1) is 30.5. The molecule has 12 nitrogen and oxygen atoms in total. The van der Waals surface area contributed by atoms with Gasteiger partial charge < -0.3 is 30.1 Å². The summed E-state index contributed by atoms with van der Waals surface area (Å²) in [6.07, 6.45) is 3.82. The Bertz CT molecular complexity index is 1260. The molecule has 0 aliphatic carbocycles. The highest BCUT2D eigenvalue weighted by Crippen LogP contribution is 2.28. The molecule has 4 aliphatic heterocycles. The summed E-state index contributed by atoms with van der Waals surface area (Å²) < 4.78 is 5.79. The Morgan fingerprint density at radius 1 is 0.744 bits per heavy atom. The second kappa shape index (κ2) is 13.1. The van der Waals surface area contributed by atoms with Gasteiger partial charge in [-0.1, -0.05) is 18.2 Å². The predicted molar refractivity (Wildman–Crippen MR) is 154 cm³/mol. The van der Waals surface area contributed by atoms with Gasteiger partial charge in [0.25, 0.3) is 5.91 Å². The standard InChI is InChI=1S/C31H41N5O7/c1-19-28(39)34-18-10-15-23(34)29(40)35-16-8-6-13-22(35)30(41)36-17-9-7-14-24(36)31(42)43-20(2)25(27(38)32-19)33-26(37)21-11-4-3-5-12-21/h3-5,11-12,19-20,22-25H,6-10,13-18H2,1-2H3,(H,32,38)(H,33,37). The molecule has 0 saturated carbocycles. The Morgan fingerprint density at radius 3 is 1.93 bits per heavy atom. The van der Waals surface area contributed by atoms with Gasteiger partial charge in [0.2, 0.25) is 23.6 Å². The number of esters is 1. The highest BCUT2D eigenvalue weighted by atomic mass is 16.5. The van der Waals surface area contributed by atoms with Crippen LogP contribution < -0.4 is 10.6 Å². The number of benzene rings is 1. The zero-order valence-electron chi connectivity index (χ0n) is 24.8. The molecule has 232 valence electrons. The second-order valence-corrected chi connectivity index (χ2v) is 12.0. The summed E-state index contributed by atoms with van der Waals surface area (Å²) in [5.74, 6) is -2.90. The highest BCUT2D eigenvalue weighted by molar-refractivity contribution is 5.99. The smallest absolute Gasteiger partial charge is 0.329 e. The fraction of sp³-hybridized carbons (Fsp3) is 0.613. The summed E-state index contributed by atoms with van der Waals surface area (Å²) in [5, 5.41) is 5.36. The molecule has 1 aromatic carbocycles. The minimum absolute atomic E-state index is 0.271. The third-order valence-corrected chi connectivity index (χ3v) is 9.06. The van der Waals surface area contributed by atoms with Crippen molar-refractivity contribution in [1.29, 1.82) is 0 Å². The number of ether oxygens (including phenoxy) is 1. The van der Waals surface area contributed by atoms with E-state index in [4.69, 9.17) is 4.74 Å². The van der Waals surface area contributed by atoms with Crippen molar-refractivity contribution in [2.75, 3.05) is 19.6 Å². The SMILES string of the molecule is CC1NC(=O)C(NC(=O)c2ccccc2)C(C)OC(=O)C2CCCCN2C(=O)C2CCCCN2C(=O)C2CCCN2C1=O. The van der Waals surface area contributed by atoms with Crippen molar-refractivity contribution in [1.82, 2.24) is 25.3 Å². The topological polar surface area (TPSA) is 145 Å². The fourth-order valence-electron chi connectivity index (χ4n) is 6.72. The summed E-state index contributed by atoms with van der Waals surface area (Å²) in [6, 6.07) is 3.67. The maximum absolute atomic E-state index is 14.0. The molecule has 6 atom stereocenters. The van der Waals surface area contributed by atoms with Crippen LogP contribution in [0.15, 0.2) is 30.3 Å². The molecule has 5 amide bonds. The van der Waals surface area contributed by atoms with Crippen LogP contribution in [0.25, 0.3) is 0 Å². The van der Waals surface area contributed by atoms with Crippen LogP contribution in [0.3, 0.4) is 0 Å². The molecule has 4 fully saturated rings. The molecule has 5 rings (SSSR count). The lowest BCUT2D eigenvalue weighted by atomic mass is 9.95. The number of cyclic esters (lactones) is 1.